The van der Waals surface area contributed by atoms with Crippen molar-refractivity contribution in [3.8, 4) is 5.75 Å². The Labute approximate surface area is 114 Å². The highest BCUT2D eigenvalue weighted by Gasteiger charge is 2.23. The number of hydrogen-bond acceptors (Lipinski definition) is 5. The normalized spacial score (nSPS) is 14.9. The van der Waals surface area contributed by atoms with E-state index in [0.717, 1.165) is 6.26 Å². The Balaban J connectivity index is 2.78. The van der Waals surface area contributed by atoms with Gasteiger partial charge >= 0.3 is 0 Å². The molecule has 0 bridgehead atoms. The zero-order valence-electron chi connectivity index (χ0n) is 11.5. The Kier molecular flexibility index (Phi) is 5.34. The molecule has 19 heavy (non-hydrogen) atoms. The molecular weight excluding hydrogens is 266 g/mol. The van der Waals surface area contributed by atoms with Gasteiger partial charge in [0, 0.05) is 6.26 Å². The highest BCUT2D eigenvalue weighted by atomic mass is 32.2. The van der Waals surface area contributed by atoms with Gasteiger partial charge in [0.15, 0.2) is 9.84 Å². The van der Waals surface area contributed by atoms with Crippen molar-refractivity contribution in [3.63, 3.8) is 0 Å². The molecule has 0 heterocycles. The van der Waals surface area contributed by atoms with E-state index in [-0.39, 0.29) is 18.1 Å². The monoisotopic (exact) mass is 287 g/mol. The van der Waals surface area contributed by atoms with Crippen LogP contribution < -0.4 is 10.1 Å². The van der Waals surface area contributed by atoms with E-state index in [1.165, 1.54) is 12.1 Å². The minimum atomic E-state index is -3.24. The largest absolute Gasteiger partial charge is 0.492 e. The summed E-state index contributed by atoms with van der Waals surface area (Å²) < 4.78 is 28.4. The van der Waals surface area contributed by atoms with E-state index in [0.29, 0.717) is 12.3 Å². The first-order valence-electron chi connectivity index (χ1n) is 6.09. The number of sulfone groups is 1. The van der Waals surface area contributed by atoms with Crippen LogP contribution in [-0.2, 0) is 9.84 Å². The second kappa shape index (κ2) is 6.36. The summed E-state index contributed by atoms with van der Waals surface area (Å²) >= 11 is 0. The van der Waals surface area contributed by atoms with E-state index in [2.05, 4.69) is 5.32 Å². The van der Waals surface area contributed by atoms with Crippen LogP contribution in [0, 0.1) is 0 Å². The Morgan fingerprint density at radius 1 is 1.42 bits per heavy atom. The summed E-state index contributed by atoms with van der Waals surface area (Å²) in [6, 6.07) is 6.34. The van der Waals surface area contributed by atoms with Gasteiger partial charge in [-0.15, -0.1) is 0 Å². The Morgan fingerprint density at radius 3 is 2.63 bits per heavy atom. The standard InChI is InChI=1S/C13H21NO4S/c1-4-14-13(2,9-15)10-18-11-6-5-7-12(8-11)19(3,16)17/h5-8,14-15H,4,9-10H2,1-3H3. The molecule has 6 heteroatoms. The topological polar surface area (TPSA) is 75.6 Å². The zero-order valence-corrected chi connectivity index (χ0v) is 12.3. The molecular formula is C13H21NO4S. The fourth-order valence-electron chi connectivity index (χ4n) is 1.62. The van der Waals surface area contributed by atoms with Gasteiger partial charge in [-0.3, -0.25) is 0 Å². The molecule has 2 N–H and O–H groups in total. The number of nitrogens with one attached hydrogen (secondary N) is 1. The maximum absolute atomic E-state index is 11.4. The Morgan fingerprint density at radius 2 is 2.11 bits per heavy atom. The van der Waals surface area contributed by atoms with Crippen molar-refractivity contribution in [1.29, 1.82) is 0 Å². The molecule has 0 amide bonds. The van der Waals surface area contributed by atoms with Crippen LogP contribution >= 0.6 is 0 Å². The predicted molar refractivity (Wildman–Crippen MR) is 74.2 cm³/mol. The molecule has 0 aliphatic rings. The molecule has 1 aromatic carbocycles. The van der Waals surface area contributed by atoms with Crippen molar-refractivity contribution in [2.45, 2.75) is 24.3 Å². The van der Waals surface area contributed by atoms with Gasteiger partial charge in [0.1, 0.15) is 12.4 Å². The van der Waals surface area contributed by atoms with Gasteiger partial charge in [-0.05, 0) is 31.7 Å². The van der Waals surface area contributed by atoms with Crippen LogP contribution in [0.3, 0.4) is 0 Å². The Hall–Kier alpha value is -1.11. The molecule has 0 saturated carbocycles. The van der Waals surface area contributed by atoms with Crippen molar-refractivity contribution in [3.05, 3.63) is 24.3 Å². The van der Waals surface area contributed by atoms with Gasteiger partial charge < -0.3 is 15.2 Å². The van der Waals surface area contributed by atoms with Crippen LogP contribution in [0.2, 0.25) is 0 Å². The summed E-state index contributed by atoms with van der Waals surface area (Å²) in [5.74, 6) is 0.473. The van der Waals surface area contributed by atoms with E-state index >= 15 is 0 Å². The van der Waals surface area contributed by atoms with E-state index in [9.17, 15) is 13.5 Å². The van der Waals surface area contributed by atoms with Crippen LogP contribution in [-0.4, -0.2) is 45.1 Å². The van der Waals surface area contributed by atoms with Crippen molar-refractivity contribution in [2.24, 2.45) is 0 Å². The summed E-state index contributed by atoms with van der Waals surface area (Å²) in [6.07, 6.45) is 1.16. The predicted octanol–water partition coefficient (Wildman–Crippen LogP) is 0.829. The molecule has 0 spiro atoms. The maximum Gasteiger partial charge on any atom is 0.175 e. The lowest BCUT2D eigenvalue weighted by molar-refractivity contribution is 0.117. The second-order valence-corrected chi connectivity index (χ2v) is 6.80. The van der Waals surface area contributed by atoms with Gasteiger partial charge in [0.25, 0.3) is 0 Å². The first-order chi connectivity index (χ1) is 8.80. The molecule has 0 aliphatic carbocycles. The summed E-state index contributed by atoms with van der Waals surface area (Å²) in [4.78, 5) is 0.221. The number of ether oxygens (including phenoxy) is 1. The lowest BCUT2D eigenvalue weighted by atomic mass is 10.1. The summed E-state index contributed by atoms with van der Waals surface area (Å²) in [7, 11) is -3.24. The van der Waals surface area contributed by atoms with Crippen molar-refractivity contribution in [2.75, 3.05) is 26.0 Å². The van der Waals surface area contributed by atoms with E-state index in [4.69, 9.17) is 4.74 Å². The molecule has 1 rings (SSSR count). The third-order valence-corrected chi connectivity index (χ3v) is 3.85. The van der Waals surface area contributed by atoms with Gasteiger partial charge in [-0.25, -0.2) is 8.42 Å². The number of benzene rings is 1. The average molecular weight is 287 g/mol. The zero-order chi connectivity index (χ0) is 14.5. The van der Waals surface area contributed by atoms with E-state index in [1.54, 1.807) is 12.1 Å². The van der Waals surface area contributed by atoms with Crippen LogP contribution in [0.4, 0.5) is 0 Å². The van der Waals surface area contributed by atoms with E-state index < -0.39 is 15.4 Å². The van der Waals surface area contributed by atoms with Crippen molar-refractivity contribution < 1.29 is 18.3 Å². The van der Waals surface area contributed by atoms with Crippen LogP contribution in [0.25, 0.3) is 0 Å². The van der Waals surface area contributed by atoms with Gasteiger partial charge in [0.2, 0.25) is 0 Å². The number of aliphatic hydroxyl groups is 1. The van der Waals surface area contributed by atoms with Crippen LogP contribution in [0.15, 0.2) is 29.2 Å². The molecule has 0 radical (unpaired) electrons. The van der Waals surface area contributed by atoms with Gasteiger partial charge in [-0.2, -0.15) is 0 Å². The molecule has 1 unspecified atom stereocenters. The molecule has 1 atom stereocenters. The first kappa shape index (κ1) is 15.9. The third-order valence-electron chi connectivity index (χ3n) is 2.74. The highest BCUT2D eigenvalue weighted by Crippen LogP contribution is 2.18. The van der Waals surface area contributed by atoms with Gasteiger partial charge in [-0.1, -0.05) is 13.0 Å². The minimum absolute atomic E-state index is 0.0629. The van der Waals surface area contributed by atoms with Crippen LogP contribution in [0.5, 0.6) is 5.75 Å². The lowest BCUT2D eigenvalue weighted by Crippen LogP contribution is -2.50. The maximum atomic E-state index is 11.4. The smallest absolute Gasteiger partial charge is 0.175 e. The minimum Gasteiger partial charge on any atom is -0.492 e. The Bertz CT molecular complexity index is 515. The highest BCUT2D eigenvalue weighted by molar-refractivity contribution is 7.90. The molecule has 0 aliphatic heterocycles. The fraction of sp³-hybridized carbons (Fsp3) is 0.538. The van der Waals surface area contributed by atoms with Crippen molar-refractivity contribution >= 4 is 9.84 Å². The number of hydrogen-bond donors (Lipinski definition) is 2. The molecule has 1 aromatic rings. The quantitative estimate of drug-likeness (QED) is 0.777. The summed E-state index contributed by atoms with van der Waals surface area (Å²) in [5, 5.41) is 12.5. The SMILES string of the molecule is CCNC(C)(CO)COc1cccc(S(C)(=O)=O)c1. The summed E-state index contributed by atoms with van der Waals surface area (Å²) in [5.41, 5.74) is -0.546. The second-order valence-electron chi connectivity index (χ2n) is 4.78. The molecule has 0 fully saturated rings. The molecule has 0 saturated heterocycles. The summed E-state index contributed by atoms with van der Waals surface area (Å²) in [6.45, 7) is 4.69. The molecule has 108 valence electrons. The van der Waals surface area contributed by atoms with Crippen molar-refractivity contribution in [1.82, 2.24) is 5.32 Å². The third kappa shape index (κ3) is 4.81. The first-order valence-corrected chi connectivity index (χ1v) is 7.99. The number of rotatable bonds is 7. The van der Waals surface area contributed by atoms with Gasteiger partial charge in [0.05, 0.1) is 17.0 Å². The molecule has 5 nitrogen and oxygen atoms in total. The fourth-order valence-corrected chi connectivity index (χ4v) is 2.27. The average Bonchev–Trinajstić information content (AvgIpc) is 2.36. The number of aliphatic hydroxyl groups excluding tert-OH is 1. The van der Waals surface area contributed by atoms with Crippen LogP contribution in [0.1, 0.15) is 13.8 Å². The number of likely N-dealkylation sites (N-methyl/N-ethyl adjacent to an activating group) is 1. The van der Waals surface area contributed by atoms with E-state index in [1.807, 2.05) is 13.8 Å². The lowest BCUT2D eigenvalue weighted by Gasteiger charge is -2.28. The molecule has 0 aromatic heterocycles.